The van der Waals surface area contributed by atoms with E-state index in [-0.39, 0.29) is 0 Å². The highest BCUT2D eigenvalue weighted by molar-refractivity contribution is 5.54. The second-order valence-electron chi connectivity index (χ2n) is 4.69. The monoisotopic (exact) mass is 257 g/mol. The van der Waals surface area contributed by atoms with Gasteiger partial charge in [0.15, 0.2) is 0 Å². The summed E-state index contributed by atoms with van der Waals surface area (Å²) in [5, 5.41) is 0. The van der Waals surface area contributed by atoms with E-state index in [0.29, 0.717) is 18.0 Å². The van der Waals surface area contributed by atoms with Gasteiger partial charge in [-0.05, 0) is 54.8 Å². The molecule has 0 aliphatic rings. The van der Waals surface area contributed by atoms with Gasteiger partial charge in [-0.3, -0.25) is 0 Å². The van der Waals surface area contributed by atoms with Crippen molar-refractivity contribution in [1.29, 1.82) is 0 Å². The van der Waals surface area contributed by atoms with E-state index in [2.05, 4.69) is 19.9 Å². The molecule has 0 heterocycles. The van der Waals surface area contributed by atoms with Crippen molar-refractivity contribution in [2.45, 2.75) is 20.5 Å². The van der Waals surface area contributed by atoms with Crippen LogP contribution in [0.4, 0.5) is 5.69 Å². The quantitative estimate of drug-likeness (QED) is 0.853. The molecule has 0 aliphatic carbocycles. The summed E-state index contributed by atoms with van der Waals surface area (Å²) in [5.41, 5.74) is 9.92. The standard InChI is InChI=1S/C16H19NO2/c1-11-6-12(2)8-14(7-11)19-10-13-4-5-16(18-3)15(17)9-13/h4-9H,10,17H2,1-3H3. The maximum Gasteiger partial charge on any atom is 0.141 e. The summed E-state index contributed by atoms with van der Waals surface area (Å²) in [4.78, 5) is 0. The van der Waals surface area contributed by atoms with Gasteiger partial charge in [0.05, 0.1) is 12.8 Å². The van der Waals surface area contributed by atoms with Crippen LogP contribution in [0.1, 0.15) is 16.7 Å². The van der Waals surface area contributed by atoms with Gasteiger partial charge >= 0.3 is 0 Å². The fourth-order valence-electron chi connectivity index (χ4n) is 2.06. The molecule has 3 heteroatoms. The molecule has 2 N–H and O–H groups in total. The molecule has 0 aromatic heterocycles. The number of aryl methyl sites for hydroxylation is 2. The first kappa shape index (κ1) is 13.3. The Morgan fingerprint density at radius 1 is 1.00 bits per heavy atom. The molecule has 2 aromatic rings. The van der Waals surface area contributed by atoms with E-state index < -0.39 is 0 Å². The summed E-state index contributed by atoms with van der Waals surface area (Å²) >= 11 is 0. The van der Waals surface area contributed by atoms with Gasteiger partial charge in [-0.15, -0.1) is 0 Å². The maximum absolute atomic E-state index is 5.87. The molecule has 2 rings (SSSR count). The summed E-state index contributed by atoms with van der Waals surface area (Å²) in [7, 11) is 1.61. The molecule has 0 aliphatic heterocycles. The summed E-state index contributed by atoms with van der Waals surface area (Å²) in [5.74, 6) is 1.57. The highest BCUT2D eigenvalue weighted by atomic mass is 16.5. The van der Waals surface area contributed by atoms with Gasteiger partial charge in [0.2, 0.25) is 0 Å². The van der Waals surface area contributed by atoms with Crippen molar-refractivity contribution < 1.29 is 9.47 Å². The molecule has 19 heavy (non-hydrogen) atoms. The first-order valence-electron chi connectivity index (χ1n) is 6.22. The number of hydrogen-bond donors (Lipinski definition) is 1. The zero-order valence-electron chi connectivity index (χ0n) is 11.6. The van der Waals surface area contributed by atoms with E-state index >= 15 is 0 Å². The molecule has 0 spiro atoms. The van der Waals surface area contributed by atoms with Gasteiger partial charge < -0.3 is 15.2 Å². The molecular formula is C16H19NO2. The van der Waals surface area contributed by atoms with Crippen LogP contribution in [0.5, 0.6) is 11.5 Å². The number of ether oxygens (including phenoxy) is 2. The Bertz CT molecular complexity index is 559. The number of nitrogens with two attached hydrogens (primary N) is 1. The average molecular weight is 257 g/mol. The van der Waals surface area contributed by atoms with Crippen LogP contribution in [0.2, 0.25) is 0 Å². The Balaban J connectivity index is 2.08. The minimum Gasteiger partial charge on any atom is -0.495 e. The van der Waals surface area contributed by atoms with Crippen LogP contribution in [-0.4, -0.2) is 7.11 Å². The van der Waals surface area contributed by atoms with Crippen molar-refractivity contribution in [2.24, 2.45) is 0 Å². The zero-order chi connectivity index (χ0) is 13.8. The van der Waals surface area contributed by atoms with E-state index in [1.54, 1.807) is 7.11 Å². The van der Waals surface area contributed by atoms with Crippen molar-refractivity contribution in [2.75, 3.05) is 12.8 Å². The van der Waals surface area contributed by atoms with Crippen LogP contribution < -0.4 is 15.2 Å². The van der Waals surface area contributed by atoms with Crippen LogP contribution in [-0.2, 0) is 6.61 Å². The molecular weight excluding hydrogens is 238 g/mol. The van der Waals surface area contributed by atoms with E-state index in [0.717, 1.165) is 11.3 Å². The van der Waals surface area contributed by atoms with Gasteiger partial charge in [0.1, 0.15) is 18.1 Å². The topological polar surface area (TPSA) is 44.5 Å². The minimum atomic E-state index is 0.497. The zero-order valence-corrected chi connectivity index (χ0v) is 11.6. The molecule has 0 fully saturated rings. The molecule has 0 amide bonds. The smallest absolute Gasteiger partial charge is 0.141 e. The Kier molecular flexibility index (Phi) is 3.95. The van der Waals surface area contributed by atoms with Crippen molar-refractivity contribution in [3.05, 3.63) is 53.1 Å². The highest BCUT2D eigenvalue weighted by Gasteiger charge is 2.02. The number of hydrogen-bond acceptors (Lipinski definition) is 3. The predicted octanol–water partition coefficient (Wildman–Crippen LogP) is 3.47. The van der Waals surface area contributed by atoms with Gasteiger partial charge in [0.25, 0.3) is 0 Å². The lowest BCUT2D eigenvalue weighted by atomic mass is 10.1. The number of methoxy groups -OCH3 is 1. The third-order valence-electron chi connectivity index (χ3n) is 2.89. The Hall–Kier alpha value is -2.16. The summed E-state index contributed by atoms with van der Waals surface area (Å²) in [6, 6.07) is 11.9. The summed E-state index contributed by atoms with van der Waals surface area (Å²) < 4.78 is 10.9. The second-order valence-corrected chi connectivity index (χ2v) is 4.69. The third-order valence-corrected chi connectivity index (χ3v) is 2.89. The van der Waals surface area contributed by atoms with Crippen molar-refractivity contribution in [1.82, 2.24) is 0 Å². The molecule has 0 bridgehead atoms. The third kappa shape index (κ3) is 3.41. The van der Waals surface area contributed by atoms with Crippen LogP contribution in [0.25, 0.3) is 0 Å². The van der Waals surface area contributed by atoms with Crippen molar-refractivity contribution in [3.8, 4) is 11.5 Å². The molecule has 0 atom stereocenters. The first-order valence-corrected chi connectivity index (χ1v) is 6.22. The normalized spacial score (nSPS) is 10.3. The second kappa shape index (κ2) is 5.65. The van der Waals surface area contributed by atoms with Crippen LogP contribution >= 0.6 is 0 Å². The Morgan fingerprint density at radius 2 is 1.68 bits per heavy atom. The lowest BCUT2D eigenvalue weighted by Gasteiger charge is -2.10. The van der Waals surface area contributed by atoms with Crippen molar-refractivity contribution in [3.63, 3.8) is 0 Å². The van der Waals surface area contributed by atoms with Crippen LogP contribution in [0.3, 0.4) is 0 Å². The number of nitrogen functional groups attached to an aromatic ring is 1. The Labute approximate surface area is 114 Å². The number of anilines is 1. The average Bonchev–Trinajstić information content (AvgIpc) is 2.35. The Morgan fingerprint density at radius 3 is 2.26 bits per heavy atom. The van der Waals surface area contributed by atoms with Crippen LogP contribution in [0.15, 0.2) is 36.4 Å². The van der Waals surface area contributed by atoms with E-state index in [1.807, 2.05) is 30.3 Å². The summed E-state index contributed by atoms with van der Waals surface area (Å²) in [6.07, 6.45) is 0. The SMILES string of the molecule is COc1ccc(COc2cc(C)cc(C)c2)cc1N. The molecule has 2 aromatic carbocycles. The molecule has 0 saturated heterocycles. The molecule has 3 nitrogen and oxygen atoms in total. The first-order chi connectivity index (χ1) is 9.08. The lowest BCUT2D eigenvalue weighted by Crippen LogP contribution is -1.99. The molecule has 0 unspecified atom stereocenters. The molecule has 0 radical (unpaired) electrons. The highest BCUT2D eigenvalue weighted by Crippen LogP contribution is 2.23. The summed E-state index contributed by atoms with van der Waals surface area (Å²) in [6.45, 7) is 4.62. The maximum atomic E-state index is 5.87. The number of rotatable bonds is 4. The fourth-order valence-corrected chi connectivity index (χ4v) is 2.06. The predicted molar refractivity (Wildman–Crippen MR) is 77.7 cm³/mol. The largest absolute Gasteiger partial charge is 0.495 e. The number of benzene rings is 2. The molecule has 0 saturated carbocycles. The van der Waals surface area contributed by atoms with Gasteiger partial charge in [-0.2, -0.15) is 0 Å². The van der Waals surface area contributed by atoms with Crippen molar-refractivity contribution >= 4 is 5.69 Å². The van der Waals surface area contributed by atoms with E-state index in [4.69, 9.17) is 15.2 Å². The van der Waals surface area contributed by atoms with Crippen LogP contribution in [0, 0.1) is 13.8 Å². The van der Waals surface area contributed by atoms with E-state index in [9.17, 15) is 0 Å². The minimum absolute atomic E-state index is 0.497. The fraction of sp³-hybridized carbons (Fsp3) is 0.250. The van der Waals surface area contributed by atoms with E-state index in [1.165, 1.54) is 11.1 Å². The molecule has 100 valence electrons. The van der Waals surface area contributed by atoms with Gasteiger partial charge in [0, 0.05) is 0 Å². The lowest BCUT2D eigenvalue weighted by molar-refractivity contribution is 0.305. The van der Waals surface area contributed by atoms with Gasteiger partial charge in [-0.1, -0.05) is 12.1 Å². The van der Waals surface area contributed by atoms with Gasteiger partial charge in [-0.25, -0.2) is 0 Å².